The van der Waals surface area contributed by atoms with Gasteiger partial charge in [-0.3, -0.25) is 14.6 Å². The molecule has 1 atom stereocenters. The molecule has 1 unspecified atom stereocenters. The number of primary amides is 1. The van der Waals surface area contributed by atoms with Crippen LogP contribution in [0.15, 0.2) is 18.3 Å². The van der Waals surface area contributed by atoms with Gasteiger partial charge in [0.25, 0.3) is 11.8 Å². The molecule has 4 N–H and O–H groups in total. The van der Waals surface area contributed by atoms with Gasteiger partial charge in [0.1, 0.15) is 5.69 Å². The minimum absolute atomic E-state index is 0.104. The van der Waals surface area contributed by atoms with E-state index in [9.17, 15) is 9.59 Å². The van der Waals surface area contributed by atoms with Gasteiger partial charge in [-0.15, -0.1) is 0 Å². The number of rotatable bonds is 4. The smallest absolute Gasteiger partial charge is 0.267 e. The highest BCUT2D eigenvalue weighted by atomic mass is 16.3. The molecule has 1 rings (SSSR count). The number of carbonyl (C=O) groups is 2. The van der Waals surface area contributed by atoms with Crippen molar-refractivity contribution in [1.29, 1.82) is 0 Å². The van der Waals surface area contributed by atoms with Crippen molar-refractivity contribution in [1.82, 2.24) is 10.3 Å². The number of hydrogen-bond acceptors (Lipinski definition) is 4. The Morgan fingerprint density at radius 2 is 2.25 bits per heavy atom. The molecule has 0 saturated carbocycles. The third-order valence-electron chi connectivity index (χ3n) is 1.84. The second-order valence-electron chi connectivity index (χ2n) is 3.36. The molecule has 0 radical (unpaired) electrons. The SMILES string of the molecule is CC(O)CNC(=O)c1ccc(C(N)=O)nc1. The van der Waals surface area contributed by atoms with Gasteiger partial charge in [0.05, 0.1) is 11.7 Å². The van der Waals surface area contributed by atoms with Gasteiger partial charge >= 0.3 is 0 Å². The van der Waals surface area contributed by atoms with Crippen LogP contribution in [0.1, 0.15) is 27.8 Å². The van der Waals surface area contributed by atoms with E-state index in [1.54, 1.807) is 6.92 Å². The molecule has 0 aromatic carbocycles. The zero-order chi connectivity index (χ0) is 12.1. The van der Waals surface area contributed by atoms with Crippen molar-refractivity contribution in [3.05, 3.63) is 29.6 Å². The maximum absolute atomic E-state index is 11.5. The Bertz CT molecular complexity index is 387. The molecule has 0 aliphatic heterocycles. The highest BCUT2D eigenvalue weighted by Crippen LogP contribution is 1.99. The normalized spacial score (nSPS) is 11.9. The number of nitrogens with two attached hydrogens (primary N) is 1. The number of aliphatic hydroxyl groups is 1. The Morgan fingerprint density at radius 1 is 1.56 bits per heavy atom. The van der Waals surface area contributed by atoms with E-state index in [2.05, 4.69) is 10.3 Å². The van der Waals surface area contributed by atoms with Gasteiger partial charge in [0, 0.05) is 12.7 Å². The van der Waals surface area contributed by atoms with Crippen LogP contribution in [0, 0.1) is 0 Å². The van der Waals surface area contributed by atoms with E-state index in [-0.39, 0.29) is 18.1 Å². The second-order valence-corrected chi connectivity index (χ2v) is 3.36. The predicted octanol–water partition coefficient (Wildman–Crippen LogP) is -0.709. The molecule has 6 nitrogen and oxygen atoms in total. The summed E-state index contributed by atoms with van der Waals surface area (Å²) in [7, 11) is 0. The zero-order valence-corrected chi connectivity index (χ0v) is 8.80. The molecular formula is C10H13N3O3. The van der Waals surface area contributed by atoms with E-state index in [1.807, 2.05) is 0 Å². The maximum Gasteiger partial charge on any atom is 0.267 e. The van der Waals surface area contributed by atoms with E-state index in [4.69, 9.17) is 10.8 Å². The standard InChI is InChI=1S/C10H13N3O3/c1-6(14)4-13-10(16)7-2-3-8(9(11)15)12-5-7/h2-3,5-6,14H,4H2,1H3,(H2,11,15)(H,13,16). The van der Waals surface area contributed by atoms with Crippen LogP contribution >= 0.6 is 0 Å². The first kappa shape index (κ1) is 12.1. The lowest BCUT2D eigenvalue weighted by atomic mass is 10.2. The van der Waals surface area contributed by atoms with Crippen LogP contribution in [0.3, 0.4) is 0 Å². The third-order valence-corrected chi connectivity index (χ3v) is 1.84. The lowest BCUT2D eigenvalue weighted by Gasteiger charge is -2.06. The Kier molecular flexibility index (Phi) is 3.96. The Hall–Kier alpha value is -1.95. The fourth-order valence-corrected chi connectivity index (χ4v) is 1.02. The number of nitrogens with one attached hydrogen (secondary N) is 1. The molecule has 16 heavy (non-hydrogen) atoms. The number of pyridine rings is 1. The monoisotopic (exact) mass is 223 g/mol. The molecule has 1 aromatic rings. The Balaban J connectivity index is 2.67. The van der Waals surface area contributed by atoms with Crippen molar-refractivity contribution >= 4 is 11.8 Å². The van der Waals surface area contributed by atoms with Crippen molar-refractivity contribution in [2.45, 2.75) is 13.0 Å². The number of carbonyl (C=O) groups excluding carboxylic acids is 2. The van der Waals surface area contributed by atoms with Gasteiger partial charge < -0.3 is 16.2 Å². The van der Waals surface area contributed by atoms with Crippen molar-refractivity contribution in [2.75, 3.05) is 6.54 Å². The summed E-state index contributed by atoms with van der Waals surface area (Å²) in [5.74, 6) is -1.000. The number of nitrogens with zero attached hydrogens (tertiary/aromatic N) is 1. The fraction of sp³-hybridized carbons (Fsp3) is 0.300. The molecule has 0 saturated heterocycles. The van der Waals surface area contributed by atoms with Crippen LogP contribution in [0.4, 0.5) is 0 Å². The molecule has 6 heteroatoms. The van der Waals surface area contributed by atoms with Gasteiger partial charge in [-0.1, -0.05) is 0 Å². The lowest BCUT2D eigenvalue weighted by molar-refractivity contribution is 0.0921. The summed E-state index contributed by atoms with van der Waals surface area (Å²) < 4.78 is 0. The predicted molar refractivity (Wildman–Crippen MR) is 56.8 cm³/mol. The molecule has 0 fully saturated rings. The summed E-state index contributed by atoms with van der Waals surface area (Å²) in [4.78, 5) is 25.9. The summed E-state index contributed by atoms with van der Waals surface area (Å²) >= 11 is 0. The molecule has 0 aliphatic carbocycles. The fourth-order valence-electron chi connectivity index (χ4n) is 1.02. The Labute approximate surface area is 92.5 Å². The van der Waals surface area contributed by atoms with Gasteiger partial charge in [-0.2, -0.15) is 0 Å². The van der Waals surface area contributed by atoms with Crippen LogP contribution in [0.25, 0.3) is 0 Å². The van der Waals surface area contributed by atoms with Gasteiger partial charge in [-0.05, 0) is 19.1 Å². The van der Waals surface area contributed by atoms with E-state index in [0.29, 0.717) is 5.56 Å². The molecule has 86 valence electrons. The average molecular weight is 223 g/mol. The molecule has 2 amide bonds. The summed E-state index contributed by atoms with van der Waals surface area (Å²) in [6, 6.07) is 2.82. The highest BCUT2D eigenvalue weighted by Gasteiger charge is 2.08. The molecule has 0 spiro atoms. The van der Waals surface area contributed by atoms with Crippen LogP contribution < -0.4 is 11.1 Å². The zero-order valence-electron chi connectivity index (χ0n) is 8.80. The number of aliphatic hydroxyl groups excluding tert-OH is 1. The van der Waals surface area contributed by atoms with Gasteiger partial charge in [0.15, 0.2) is 0 Å². The van der Waals surface area contributed by atoms with Gasteiger partial charge in [-0.25, -0.2) is 0 Å². The first-order chi connectivity index (χ1) is 7.50. The van der Waals surface area contributed by atoms with Crippen LogP contribution in [-0.2, 0) is 0 Å². The Morgan fingerprint density at radius 3 is 2.69 bits per heavy atom. The first-order valence-corrected chi connectivity index (χ1v) is 4.73. The second kappa shape index (κ2) is 5.22. The minimum atomic E-state index is -0.643. The number of amides is 2. The third kappa shape index (κ3) is 3.32. The molecule has 0 aliphatic rings. The van der Waals surface area contributed by atoms with Crippen molar-refractivity contribution in [3.63, 3.8) is 0 Å². The largest absolute Gasteiger partial charge is 0.392 e. The van der Waals surface area contributed by atoms with Gasteiger partial charge in [0.2, 0.25) is 0 Å². The van der Waals surface area contributed by atoms with Crippen LogP contribution in [-0.4, -0.2) is 34.6 Å². The topological polar surface area (TPSA) is 105 Å². The van der Waals surface area contributed by atoms with E-state index < -0.39 is 12.0 Å². The van der Waals surface area contributed by atoms with E-state index in [0.717, 1.165) is 0 Å². The van der Waals surface area contributed by atoms with Crippen LogP contribution in [0.2, 0.25) is 0 Å². The molecule has 1 heterocycles. The molecule has 1 aromatic heterocycles. The maximum atomic E-state index is 11.5. The molecule has 0 bridgehead atoms. The van der Waals surface area contributed by atoms with Crippen molar-refractivity contribution in [2.24, 2.45) is 5.73 Å². The minimum Gasteiger partial charge on any atom is -0.392 e. The van der Waals surface area contributed by atoms with Crippen LogP contribution in [0.5, 0.6) is 0 Å². The number of hydrogen-bond donors (Lipinski definition) is 3. The van der Waals surface area contributed by atoms with Crippen molar-refractivity contribution < 1.29 is 14.7 Å². The van der Waals surface area contributed by atoms with E-state index in [1.165, 1.54) is 18.3 Å². The quantitative estimate of drug-likeness (QED) is 0.627. The summed E-state index contributed by atoms with van der Waals surface area (Å²) in [5, 5.41) is 11.5. The summed E-state index contributed by atoms with van der Waals surface area (Å²) in [5.41, 5.74) is 5.42. The molecular weight excluding hydrogens is 210 g/mol. The van der Waals surface area contributed by atoms with E-state index >= 15 is 0 Å². The highest BCUT2D eigenvalue weighted by molar-refractivity contribution is 5.95. The summed E-state index contributed by atoms with van der Waals surface area (Å²) in [6.45, 7) is 1.73. The lowest BCUT2D eigenvalue weighted by Crippen LogP contribution is -2.30. The number of aromatic nitrogens is 1. The average Bonchev–Trinajstić information content (AvgIpc) is 2.26. The first-order valence-electron chi connectivity index (χ1n) is 4.73. The summed E-state index contributed by atoms with van der Waals surface area (Å²) in [6.07, 6.45) is 0.652. The van der Waals surface area contributed by atoms with Crippen molar-refractivity contribution in [3.8, 4) is 0 Å².